The summed E-state index contributed by atoms with van der Waals surface area (Å²) >= 11 is 0. The molecule has 0 bridgehead atoms. The van der Waals surface area contributed by atoms with Gasteiger partial charge in [0, 0.05) is 25.3 Å². The molecule has 17 heavy (non-hydrogen) atoms. The van der Waals surface area contributed by atoms with Crippen molar-refractivity contribution >= 4 is 5.69 Å². The van der Waals surface area contributed by atoms with Gasteiger partial charge in [-0.15, -0.1) is 0 Å². The van der Waals surface area contributed by atoms with Gasteiger partial charge < -0.3 is 10.2 Å². The van der Waals surface area contributed by atoms with Gasteiger partial charge in [-0.05, 0) is 30.0 Å². The van der Waals surface area contributed by atoms with Gasteiger partial charge in [-0.3, -0.25) is 0 Å². The molecule has 2 nitrogen and oxygen atoms in total. The molecule has 0 radical (unpaired) electrons. The molecule has 1 aromatic carbocycles. The average molecular weight is 232 g/mol. The molecule has 0 aliphatic carbocycles. The van der Waals surface area contributed by atoms with E-state index in [-0.39, 0.29) is 0 Å². The first-order valence-corrected chi connectivity index (χ1v) is 6.76. The fraction of sp³-hybridized carbons (Fsp3) is 0.600. The lowest BCUT2D eigenvalue weighted by molar-refractivity contribution is 0.309. The van der Waals surface area contributed by atoms with Crippen LogP contribution in [-0.4, -0.2) is 19.6 Å². The molecule has 1 aliphatic rings. The third-order valence-electron chi connectivity index (χ3n) is 3.75. The van der Waals surface area contributed by atoms with Crippen molar-refractivity contribution in [3.63, 3.8) is 0 Å². The molecule has 0 saturated carbocycles. The standard InChI is InChI=1S/C15H24N2/c1-4-16-9-13-7-5-6-8-15(13)17-10-14(11-17)12(2)3/h5-8,12,14,16H,4,9-11H2,1-3H3. The zero-order chi connectivity index (χ0) is 12.3. The summed E-state index contributed by atoms with van der Waals surface area (Å²) < 4.78 is 0. The second-order valence-corrected chi connectivity index (χ2v) is 5.32. The molecule has 0 spiro atoms. The van der Waals surface area contributed by atoms with Gasteiger partial charge in [-0.2, -0.15) is 0 Å². The Morgan fingerprint density at radius 1 is 1.29 bits per heavy atom. The molecule has 0 aromatic heterocycles. The smallest absolute Gasteiger partial charge is 0.0412 e. The second-order valence-electron chi connectivity index (χ2n) is 5.32. The van der Waals surface area contributed by atoms with Gasteiger partial charge in [0.15, 0.2) is 0 Å². The van der Waals surface area contributed by atoms with E-state index in [4.69, 9.17) is 0 Å². The molecule has 1 saturated heterocycles. The van der Waals surface area contributed by atoms with E-state index in [1.807, 2.05) is 0 Å². The van der Waals surface area contributed by atoms with Crippen LogP contribution in [0.15, 0.2) is 24.3 Å². The lowest BCUT2D eigenvalue weighted by Crippen LogP contribution is -2.49. The summed E-state index contributed by atoms with van der Waals surface area (Å²) in [6.07, 6.45) is 0. The fourth-order valence-electron chi connectivity index (χ4n) is 2.36. The summed E-state index contributed by atoms with van der Waals surface area (Å²) in [7, 11) is 0. The quantitative estimate of drug-likeness (QED) is 0.840. The zero-order valence-corrected chi connectivity index (χ0v) is 11.2. The van der Waals surface area contributed by atoms with Crippen molar-refractivity contribution in [2.75, 3.05) is 24.5 Å². The van der Waals surface area contributed by atoms with Crippen LogP contribution in [-0.2, 0) is 6.54 Å². The summed E-state index contributed by atoms with van der Waals surface area (Å²) in [6.45, 7) is 11.3. The van der Waals surface area contributed by atoms with E-state index >= 15 is 0 Å². The molecule has 2 rings (SSSR count). The summed E-state index contributed by atoms with van der Waals surface area (Å²) in [6, 6.07) is 8.77. The van der Waals surface area contributed by atoms with Crippen LogP contribution in [0.2, 0.25) is 0 Å². The van der Waals surface area contributed by atoms with Crippen LogP contribution >= 0.6 is 0 Å². The van der Waals surface area contributed by atoms with Gasteiger partial charge in [-0.1, -0.05) is 39.0 Å². The molecule has 1 heterocycles. The average Bonchev–Trinajstić information content (AvgIpc) is 2.25. The molecular formula is C15H24N2. The largest absolute Gasteiger partial charge is 0.371 e. The maximum Gasteiger partial charge on any atom is 0.0412 e. The lowest BCUT2D eigenvalue weighted by atomic mass is 9.87. The molecule has 1 aromatic rings. The Hall–Kier alpha value is -1.02. The molecule has 0 unspecified atom stereocenters. The van der Waals surface area contributed by atoms with E-state index in [0.29, 0.717) is 0 Å². The summed E-state index contributed by atoms with van der Waals surface area (Å²) in [5.41, 5.74) is 2.85. The molecule has 0 atom stereocenters. The first-order valence-electron chi connectivity index (χ1n) is 6.76. The number of rotatable bonds is 5. The van der Waals surface area contributed by atoms with Crippen LogP contribution < -0.4 is 10.2 Å². The third-order valence-corrected chi connectivity index (χ3v) is 3.75. The highest BCUT2D eigenvalue weighted by atomic mass is 15.2. The number of hydrogen-bond acceptors (Lipinski definition) is 2. The summed E-state index contributed by atoms with van der Waals surface area (Å²) in [5.74, 6) is 1.69. The van der Waals surface area contributed by atoms with Crippen LogP contribution in [0.3, 0.4) is 0 Å². The Morgan fingerprint density at radius 3 is 2.65 bits per heavy atom. The van der Waals surface area contributed by atoms with Crippen LogP contribution in [0.4, 0.5) is 5.69 Å². The highest BCUT2D eigenvalue weighted by Crippen LogP contribution is 2.31. The van der Waals surface area contributed by atoms with Crippen molar-refractivity contribution < 1.29 is 0 Å². The van der Waals surface area contributed by atoms with Gasteiger partial charge >= 0.3 is 0 Å². The predicted molar refractivity (Wildman–Crippen MR) is 74.4 cm³/mol. The molecule has 1 aliphatic heterocycles. The molecule has 1 N–H and O–H groups in total. The van der Waals surface area contributed by atoms with Gasteiger partial charge in [0.2, 0.25) is 0 Å². The maximum atomic E-state index is 3.42. The SMILES string of the molecule is CCNCc1ccccc1N1CC(C(C)C)C1. The number of nitrogens with zero attached hydrogens (tertiary/aromatic N) is 1. The Labute approximate surface area is 105 Å². The normalized spacial score (nSPS) is 16.4. The van der Waals surface area contributed by atoms with E-state index in [2.05, 4.69) is 55.3 Å². The van der Waals surface area contributed by atoms with Gasteiger partial charge in [0.25, 0.3) is 0 Å². The number of hydrogen-bond donors (Lipinski definition) is 1. The molecule has 94 valence electrons. The third kappa shape index (κ3) is 2.81. The Kier molecular flexibility index (Phi) is 4.06. The first-order chi connectivity index (χ1) is 8.22. The minimum Gasteiger partial charge on any atom is -0.371 e. The van der Waals surface area contributed by atoms with Crippen molar-refractivity contribution in [3.8, 4) is 0 Å². The van der Waals surface area contributed by atoms with Crippen LogP contribution in [0.25, 0.3) is 0 Å². The highest BCUT2D eigenvalue weighted by molar-refractivity contribution is 5.55. The first kappa shape index (κ1) is 12.4. The zero-order valence-electron chi connectivity index (χ0n) is 11.2. The highest BCUT2D eigenvalue weighted by Gasteiger charge is 2.29. The molecule has 2 heteroatoms. The van der Waals surface area contributed by atoms with E-state index in [1.54, 1.807) is 0 Å². The Bertz CT molecular complexity index is 354. The summed E-state index contributed by atoms with van der Waals surface area (Å²) in [4.78, 5) is 2.51. The van der Waals surface area contributed by atoms with Crippen LogP contribution in [0.1, 0.15) is 26.3 Å². The number of anilines is 1. The van der Waals surface area contributed by atoms with E-state index in [9.17, 15) is 0 Å². The van der Waals surface area contributed by atoms with E-state index in [1.165, 1.54) is 24.3 Å². The monoisotopic (exact) mass is 232 g/mol. The molecule has 1 fully saturated rings. The maximum absolute atomic E-state index is 3.42. The number of para-hydroxylation sites is 1. The minimum atomic E-state index is 0.812. The van der Waals surface area contributed by atoms with Crippen molar-refractivity contribution in [3.05, 3.63) is 29.8 Å². The van der Waals surface area contributed by atoms with E-state index < -0.39 is 0 Å². The molecular weight excluding hydrogens is 208 g/mol. The van der Waals surface area contributed by atoms with Crippen molar-refractivity contribution in [1.82, 2.24) is 5.32 Å². The Morgan fingerprint density at radius 2 is 2.00 bits per heavy atom. The lowest BCUT2D eigenvalue weighted by Gasteiger charge is -2.44. The second kappa shape index (κ2) is 5.54. The van der Waals surface area contributed by atoms with Crippen LogP contribution in [0.5, 0.6) is 0 Å². The van der Waals surface area contributed by atoms with Crippen molar-refractivity contribution in [2.45, 2.75) is 27.3 Å². The Balaban J connectivity index is 2.01. The van der Waals surface area contributed by atoms with Gasteiger partial charge in [0.05, 0.1) is 0 Å². The van der Waals surface area contributed by atoms with Crippen molar-refractivity contribution in [2.24, 2.45) is 11.8 Å². The van der Waals surface area contributed by atoms with Crippen LogP contribution in [0, 0.1) is 11.8 Å². The number of nitrogens with one attached hydrogen (secondary N) is 1. The topological polar surface area (TPSA) is 15.3 Å². The van der Waals surface area contributed by atoms with E-state index in [0.717, 1.165) is 24.9 Å². The van der Waals surface area contributed by atoms with Gasteiger partial charge in [-0.25, -0.2) is 0 Å². The fourth-order valence-corrected chi connectivity index (χ4v) is 2.36. The summed E-state index contributed by atoms with van der Waals surface area (Å²) in [5, 5.41) is 3.42. The van der Waals surface area contributed by atoms with Gasteiger partial charge in [0.1, 0.15) is 0 Å². The number of benzene rings is 1. The minimum absolute atomic E-state index is 0.812. The molecule has 0 amide bonds. The predicted octanol–water partition coefficient (Wildman–Crippen LogP) is 2.89. The van der Waals surface area contributed by atoms with Crippen molar-refractivity contribution in [1.29, 1.82) is 0 Å².